The lowest BCUT2D eigenvalue weighted by Crippen LogP contribution is -2.56. The monoisotopic (exact) mass is 564 g/mol. The first-order valence-electron chi connectivity index (χ1n) is 7.36. The molecule has 1 radical (unpaired) electrons. The molecule has 0 spiro atoms. The zero-order chi connectivity index (χ0) is 22.2. The summed E-state index contributed by atoms with van der Waals surface area (Å²) < 4.78 is 104. The van der Waals surface area contributed by atoms with E-state index in [9.17, 15) is 35.3 Å². The lowest BCUT2D eigenvalue weighted by atomic mass is 10.0. The summed E-state index contributed by atoms with van der Waals surface area (Å²) in [4.78, 5) is -0.932. The van der Waals surface area contributed by atoms with Gasteiger partial charge in [-0.3, -0.25) is 0 Å². The molecule has 1 atom stereocenters. The summed E-state index contributed by atoms with van der Waals surface area (Å²) >= 11 is 1.77. The molecular formula is C17H7Br2F7NOS. The molecule has 12 heteroatoms. The van der Waals surface area contributed by atoms with E-state index >= 15 is 0 Å². The molecule has 2 rings (SSSR count). The normalized spacial score (nSPS) is 13.8. The number of alkyl halides is 7. The molecule has 0 fully saturated rings. The highest BCUT2D eigenvalue weighted by Crippen LogP contribution is 2.51. The minimum absolute atomic E-state index is 0.0660. The Labute approximate surface area is 180 Å². The summed E-state index contributed by atoms with van der Waals surface area (Å²) in [5.74, 6) is -6.53. The van der Waals surface area contributed by atoms with Crippen molar-refractivity contribution < 1.29 is 35.3 Å². The highest BCUT2D eigenvalue weighted by atomic mass is 79.9. The van der Waals surface area contributed by atoms with E-state index in [0.29, 0.717) is 5.56 Å². The molecule has 0 aliphatic carbocycles. The van der Waals surface area contributed by atoms with Gasteiger partial charge in [0.25, 0.3) is 0 Å². The molecule has 0 bridgehead atoms. The second-order valence-corrected chi connectivity index (χ2v) is 8.76. The van der Waals surface area contributed by atoms with Gasteiger partial charge in [0.05, 0.1) is 22.8 Å². The molecule has 0 aromatic heterocycles. The minimum atomic E-state index is -6.61. The number of rotatable bonds is 5. The first-order valence-corrected chi connectivity index (χ1v) is 10.1. The Bertz CT molecular complexity index is 960. The molecule has 0 saturated heterocycles. The summed E-state index contributed by atoms with van der Waals surface area (Å²) in [7, 11) is 0. The number of nitriles is 1. The third-order valence-electron chi connectivity index (χ3n) is 3.64. The van der Waals surface area contributed by atoms with Crippen molar-refractivity contribution in [3.8, 4) is 6.07 Å². The van der Waals surface area contributed by atoms with Gasteiger partial charge in [-0.05, 0) is 49.6 Å². The average molecular weight is 566 g/mol. The standard InChI is InChI=1S/C17H7Br2F7NOS/c18-11-6-13(19)12(5-9-2-1-3-10(4-9)8-27)14(7-11)29(28)17(25,26)15(20,21)16(22,23)24/h1-4,7H,5H2. The third kappa shape index (κ3) is 4.73. The Morgan fingerprint density at radius 2 is 1.69 bits per heavy atom. The van der Waals surface area contributed by atoms with Crippen molar-refractivity contribution in [3.63, 3.8) is 0 Å². The largest absolute Gasteiger partial charge is 0.607 e. The Morgan fingerprint density at radius 3 is 2.24 bits per heavy atom. The van der Waals surface area contributed by atoms with Gasteiger partial charge in [-0.25, -0.2) is 0 Å². The molecular weight excluding hydrogens is 559 g/mol. The van der Waals surface area contributed by atoms with Gasteiger partial charge in [0, 0.05) is 33.1 Å². The first-order chi connectivity index (χ1) is 13.2. The predicted octanol–water partition coefficient (Wildman–Crippen LogP) is 6.37. The molecule has 0 heterocycles. The molecule has 1 unspecified atom stereocenters. The Kier molecular flexibility index (Phi) is 6.99. The zero-order valence-corrected chi connectivity index (χ0v) is 17.7. The molecule has 0 aliphatic rings. The van der Waals surface area contributed by atoms with E-state index in [1.807, 2.05) is 6.07 Å². The van der Waals surface area contributed by atoms with Crippen LogP contribution in [0, 0.1) is 17.4 Å². The molecule has 155 valence electrons. The highest BCUT2D eigenvalue weighted by Gasteiger charge is 2.80. The maximum Gasteiger partial charge on any atom is 0.486 e. The van der Waals surface area contributed by atoms with E-state index in [1.165, 1.54) is 24.3 Å². The van der Waals surface area contributed by atoms with Crippen LogP contribution in [0.1, 0.15) is 16.7 Å². The van der Waals surface area contributed by atoms with Crippen LogP contribution in [0.15, 0.2) is 44.2 Å². The van der Waals surface area contributed by atoms with E-state index in [-0.39, 0.29) is 26.5 Å². The average Bonchev–Trinajstić information content (AvgIpc) is 2.62. The zero-order valence-electron chi connectivity index (χ0n) is 13.8. The number of hydrogen-bond donors (Lipinski definition) is 0. The van der Waals surface area contributed by atoms with E-state index in [4.69, 9.17) is 5.26 Å². The molecule has 0 aliphatic heterocycles. The van der Waals surface area contributed by atoms with Crippen LogP contribution in [-0.4, -0.2) is 21.9 Å². The van der Waals surface area contributed by atoms with Crippen LogP contribution < -0.4 is 0 Å². The fraction of sp³-hybridized carbons (Fsp3) is 0.235. The molecule has 2 aromatic carbocycles. The Balaban J connectivity index is 2.59. The minimum Gasteiger partial charge on any atom is -0.607 e. The van der Waals surface area contributed by atoms with Gasteiger partial charge in [0.2, 0.25) is 0 Å². The Morgan fingerprint density at radius 1 is 1.07 bits per heavy atom. The maximum absolute atomic E-state index is 14.0. The molecule has 0 amide bonds. The van der Waals surface area contributed by atoms with Crippen LogP contribution in [0.4, 0.5) is 30.7 Å². The summed E-state index contributed by atoms with van der Waals surface area (Å²) in [5.41, 5.74) is 0.320. The number of halogens is 9. The fourth-order valence-electron chi connectivity index (χ4n) is 2.23. The summed E-state index contributed by atoms with van der Waals surface area (Å²) in [6.07, 6.45) is -6.89. The summed E-state index contributed by atoms with van der Waals surface area (Å²) in [6.45, 7) is 0. The number of nitrogens with zero attached hydrogens (tertiary/aromatic N) is 1. The van der Waals surface area contributed by atoms with E-state index in [0.717, 1.165) is 6.07 Å². The van der Waals surface area contributed by atoms with E-state index < -0.39 is 33.4 Å². The van der Waals surface area contributed by atoms with Crippen LogP contribution >= 0.6 is 31.9 Å². The second kappa shape index (κ2) is 8.45. The van der Waals surface area contributed by atoms with Gasteiger partial charge in [-0.2, -0.15) is 27.2 Å². The van der Waals surface area contributed by atoms with Gasteiger partial charge in [-0.15, -0.1) is 8.78 Å². The first kappa shape index (κ1) is 24.0. The summed E-state index contributed by atoms with van der Waals surface area (Å²) in [5, 5.41) is 2.99. The predicted molar refractivity (Wildman–Crippen MR) is 97.0 cm³/mol. The summed E-state index contributed by atoms with van der Waals surface area (Å²) in [6, 6.07) is 10.9. The second-order valence-electron chi connectivity index (χ2n) is 5.62. The Hall–Kier alpha value is -1.29. The highest BCUT2D eigenvalue weighted by molar-refractivity contribution is 9.11. The van der Waals surface area contributed by atoms with Crippen molar-refractivity contribution in [2.75, 3.05) is 0 Å². The van der Waals surface area contributed by atoms with Crippen molar-refractivity contribution >= 4 is 43.0 Å². The van der Waals surface area contributed by atoms with E-state index in [2.05, 4.69) is 37.9 Å². The third-order valence-corrected chi connectivity index (χ3v) is 6.23. The van der Waals surface area contributed by atoms with Crippen molar-refractivity contribution in [2.45, 2.75) is 28.7 Å². The van der Waals surface area contributed by atoms with Gasteiger partial charge < -0.3 is 4.55 Å². The topological polar surface area (TPSA) is 46.8 Å². The fourth-order valence-corrected chi connectivity index (χ4v) is 5.02. The van der Waals surface area contributed by atoms with Crippen LogP contribution in [-0.2, 0) is 17.6 Å². The molecule has 0 N–H and O–H groups in total. The van der Waals surface area contributed by atoms with Gasteiger partial charge in [-0.1, -0.05) is 12.1 Å². The van der Waals surface area contributed by atoms with Gasteiger partial charge >= 0.3 is 17.4 Å². The smallest absolute Gasteiger partial charge is 0.486 e. The number of hydrogen-bond acceptors (Lipinski definition) is 2. The van der Waals surface area contributed by atoms with Gasteiger partial charge in [0.1, 0.15) is 0 Å². The molecule has 2 nitrogen and oxygen atoms in total. The molecule has 29 heavy (non-hydrogen) atoms. The molecule has 2 aromatic rings. The maximum atomic E-state index is 14.0. The lowest BCUT2D eigenvalue weighted by molar-refractivity contribution is -0.332. The van der Waals surface area contributed by atoms with Crippen molar-refractivity contribution in [1.29, 1.82) is 5.26 Å². The van der Waals surface area contributed by atoms with Gasteiger partial charge in [0.15, 0.2) is 4.90 Å². The van der Waals surface area contributed by atoms with Crippen molar-refractivity contribution in [3.05, 3.63) is 62.0 Å². The van der Waals surface area contributed by atoms with Crippen molar-refractivity contribution in [2.24, 2.45) is 0 Å². The quantitative estimate of drug-likeness (QED) is 0.312. The van der Waals surface area contributed by atoms with Crippen LogP contribution in [0.25, 0.3) is 0 Å². The van der Waals surface area contributed by atoms with E-state index in [1.54, 1.807) is 0 Å². The SMILES string of the molecule is N#Cc1cccc(Cc2c(Br)[c]c(Br)cc2[S+]([O-])C(F)(F)C(F)(F)C(F)(F)F)c1. The van der Waals surface area contributed by atoms with Crippen LogP contribution in [0.2, 0.25) is 0 Å². The molecule has 0 saturated carbocycles. The van der Waals surface area contributed by atoms with Crippen molar-refractivity contribution in [1.82, 2.24) is 0 Å². The lowest BCUT2D eigenvalue weighted by Gasteiger charge is -2.29. The number of benzene rings is 2. The van der Waals surface area contributed by atoms with Crippen LogP contribution in [0.3, 0.4) is 0 Å². The van der Waals surface area contributed by atoms with Crippen LogP contribution in [0.5, 0.6) is 0 Å².